The predicted molar refractivity (Wildman–Crippen MR) is 108 cm³/mol. The van der Waals surface area contributed by atoms with Gasteiger partial charge in [-0.15, -0.1) is 0 Å². The molecule has 0 fully saturated rings. The van der Waals surface area contributed by atoms with Crippen molar-refractivity contribution in [3.63, 3.8) is 0 Å². The third-order valence-electron chi connectivity index (χ3n) is 5.27. The molecule has 0 spiro atoms. The number of rotatable bonds is 5. The minimum absolute atomic E-state index is 0.00430. The third kappa shape index (κ3) is 3.90. The summed E-state index contributed by atoms with van der Waals surface area (Å²) in [5.74, 6) is -2.20. The average Bonchev–Trinajstić information content (AvgIpc) is 3.20. The molecule has 162 valence electrons. The molecule has 8 nitrogen and oxygen atoms in total. The molecule has 3 heterocycles. The summed E-state index contributed by atoms with van der Waals surface area (Å²) in [4.78, 5) is 24.3. The highest BCUT2D eigenvalue weighted by atomic mass is 19.2. The number of carbonyl (C=O) groups is 1. The Morgan fingerprint density at radius 3 is 2.61 bits per heavy atom. The molecule has 4 rings (SSSR count). The maximum Gasteiger partial charge on any atom is 0.249 e. The van der Waals surface area contributed by atoms with Crippen LogP contribution in [0.2, 0.25) is 0 Å². The molecule has 1 N–H and O–H groups in total. The van der Waals surface area contributed by atoms with Crippen molar-refractivity contribution < 1.29 is 18.0 Å². The number of nitrogens with zero attached hydrogens (tertiary/aromatic N) is 6. The van der Waals surface area contributed by atoms with E-state index in [0.29, 0.717) is 30.1 Å². The molecule has 0 unspecified atom stereocenters. The number of anilines is 3. The Hall–Kier alpha value is -3.63. The van der Waals surface area contributed by atoms with Gasteiger partial charge in [0.05, 0.1) is 18.9 Å². The van der Waals surface area contributed by atoms with E-state index in [2.05, 4.69) is 20.4 Å². The molecule has 3 aromatic rings. The summed E-state index contributed by atoms with van der Waals surface area (Å²) in [5.41, 5.74) is 1.38. The fourth-order valence-corrected chi connectivity index (χ4v) is 3.32. The minimum Gasteiger partial charge on any atom is -0.350 e. The Balaban J connectivity index is 1.45. The predicted octanol–water partition coefficient (Wildman–Crippen LogP) is 2.55. The van der Waals surface area contributed by atoms with Crippen LogP contribution in [-0.4, -0.2) is 45.8 Å². The lowest BCUT2D eigenvalue weighted by Crippen LogP contribution is -2.49. The molecule has 0 radical (unpaired) electrons. The number of hydrogen-bond donors (Lipinski definition) is 1. The van der Waals surface area contributed by atoms with Crippen molar-refractivity contribution in [2.24, 2.45) is 0 Å². The van der Waals surface area contributed by atoms with Crippen molar-refractivity contribution in [2.75, 3.05) is 29.2 Å². The van der Waals surface area contributed by atoms with Gasteiger partial charge in [-0.2, -0.15) is 10.1 Å². The quantitative estimate of drug-likeness (QED) is 0.626. The van der Waals surface area contributed by atoms with Crippen LogP contribution >= 0.6 is 0 Å². The Bertz CT molecular complexity index is 1150. The molecule has 2 aromatic heterocycles. The molecule has 31 heavy (non-hydrogen) atoms. The van der Waals surface area contributed by atoms with Gasteiger partial charge in [-0.25, -0.2) is 18.2 Å². The lowest BCUT2D eigenvalue weighted by atomic mass is 10.2. The van der Waals surface area contributed by atoms with Crippen LogP contribution in [0.4, 0.5) is 30.6 Å². The first-order valence-electron chi connectivity index (χ1n) is 9.50. The number of halogens is 3. The summed E-state index contributed by atoms with van der Waals surface area (Å²) in [6, 6.07) is 1.01. The second-order valence-corrected chi connectivity index (χ2v) is 7.34. The monoisotopic (exact) mass is 431 g/mol. The topological polar surface area (TPSA) is 79.2 Å². The fraction of sp³-hybridized carbons (Fsp3) is 0.300. The minimum atomic E-state index is -1.23. The molecule has 1 amide bonds. The van der Waals surface area contributed by atoms with Crippen LogP contribution in [0.1, 0.15) is 18.1 Å². The normalized spacial score (nSPS) is 15.9. The Labute approximate surface area is 176 Å². The van der Waals surface area contributed by atoms with Crippen LogP contribution in [0, 0.1) is 17.5 Å². The molecule has 0 bridgehead atoms. The van der Waals surface area contributed by atoms with E-state index in [0.717, 1.165) is 11.6 Å². The highest BCUT2D eigenvalue weighted by molar-refractivity contribution is 6.03. The van der Waals surface area contributed by atoms with Gasteiger partial charge in [0.2, 0.25) is 11.9 Å². The van der Waals surface area contributed by atoms with Gasteiger partial charge in [-0.3, -0.25) is 9.48 Å². The number of nitrogens with one attached hydrogen (secondary N) is 1. The van der Waals surface area contributed by atoms with E-state index in [9.17, 15) is 18.0 Å². The molecular weight excluding hydrogens is 411 g/mol. The summed E-state index contributed by atoms with van der Waals surface area (Å²) >= 11 is 0. The lowest BCUT2D eigenvalue weighted by molar-refractivity contribution is -0.119. The van der Waals surface area contributed by atoms with Crippen LogP contribution in [0.5, 0.6) is 0 Å². The maximum absolute atomic E-state index is 13.8. The van der Waals surface area contributed by atoms with Crippen molar-refractivity contribution in [3.05, 3.63) is 59.3 Å². The standard InChI is InChI=1S/C20H20F3N7O/c1-11-19(31)29(3)17-8-25-20(27-18(17)28(11)2)24-6-12-7-26-30(9-12)10-13-4-15(22)16(23)5-14(13)21/h4-5,7-9,11H,6,10H2,1-3H3,(H,24,25,27)/t11-/m0/s1. The van der Waals surface area contributed by atoms with E-state index in [1.807, 2.05) is 0 Å². The van der Waals surface area contributed by atoms with Crippen LogP contribution in [0.3, 0.4) is 0 Å². The van der Waals surface area contributed by atoms with E-state index in [4.69, 9.17) is 0 Å². The maximum atomic E-state index is 13.8. The van der Waals surface area contributed by atoms with E-state index in [1.165, 1.54) is 9.58 Å². The van der Waals surface area contributed by atoms with Crippen LogP contribution in [-0.2, 0) is 17.9 Å². The largest absolute Gasteiger partial charge is 0.350 e. The highest BCUT2D eigenvalue weighted by Crippen LogP contribution is 2.32. The summed E-state index contributed by atoms with van der Waals surface area (Å²) in [5, 5.41) is 7.22. The SMILES string of the molecule is C[C@H]1C(=O)N(C)c2cnc(NCc3cnn(Cc4cc(F)c(F)cc4F)c3)nc2N1C. The number of likely N-dealkylation sites (N-methyl/N-ethyl adjacent to an activating group) is 2. The van der Waals surface area contributed by atoms with E-state index >= 15 is 0 Å². The van der Waals surface area contributed by atoms with Gasteiger partial charge in [0.25, 0.3) is 0 Å². The zero-order chi connectivity index (χ0) is 22.3. The lowest BCUT2D eigenvalue weighted by Gasteiger charge is -2.36. The number of benzene rings is 1. The molecule has 1 aliphatic heterocycles. The Kier molecular flexibility index (Phi) is 5.25. The van der Waals surface area contributed by atoms with Gasteiger partial charge in [0.1, 0.15) is 17.5 Å². The molecule has 0 saturated heterocycles. The number of carbonyl (C=O) groups excluding carboxylic acids is 1. The molecule has 0 saturated carbocycles. The molecular formula is C20H20F3N7O. The van der Waals surface area contributed by atoms with Crippen LogP contribution in [0.25, 0.3) is 0 Å². The van der Waals surface area contributed by atoms with Crippen molar-refractivity contribution in [1.82, 2.24) is 19.7 Å². The van der Waals surface area contributed by atoms with Gasteiger partial charge in [-0.1, -0.05) is 0 Å². The van der Waals surface area contributed by atoms with Crippen molar-refractivity contribution in [2.45, 2.75) is 26.1 Å². The summed E-state index contributed by atoms with van der Waals surface area (Å²) in [6.45, 7) is 2.11. The van der Waals surface area contributed by atoms with Crippen molar-refractivity contribution in [1.29, 1.82) is 0 Å². The summed E-state index contributed by atoms with van der Waals surface area (Å²) in [7, 11) is 3.48. The molecule has 1 aromatic carbocycles. The number of hydrogen-bond acceptors (Lipinski definition) is 6. The van der Waals surface area contributed by atoms with Gasteiger partial charge in [0, 0.05) is 44.0 Å². The van der Waals surface area contributed by atoms with Gasteiger partial charge < -0.3 is 15.1 Å². The van der Waals surface area contributed by atoms with Crippen LogP contribution in [0.15, 0.2) is 30.7 Å². The van der Waals surface area contributed by atoms with Crippen LogP contribution < -0.4 is 15.1 Å². The zero-order valence-electron chi connectivity index (χ0n) is 17.1. The first kappa shape index (κ1) is 20.6. The van der Waals surface area contributed by atoms with E-state index in [-0.39, 0.29) is 24.1 Å². The smallest absolute Gasteiger partial charge is 0.249 e. The zero-order valence-corrected chi connectivity index (χ0v) is 17.1. The summed E-state index contributed by atoms with van der Waals surface area (Å²) < 4.78 is 41.7. The number of amides is 1. The second kappa shape index (κ2) is 7.89. The van der Waals surface area contributed by atoms with Gasteiger partial charge >= 0.3 is 0 Å². The summed E-state index contributed by atoms with van der Waals surface area (Å²) in [6.07, 6.45) is 4.82. The first-order chi connectivity index (χ1) is 14.7. The van der Waals surface area contributed by atoms with Crippen molar-refractivity contribution in [3.8, 4) is 0 Å². The average molecular weight is 431 g/mol. The Morgan fingerprint density at radius 1 is 1.10 bits per heavy atom. The number of fused-ring (bicyclic) bond motifs is 1. The fourth-order valence-electron chi connectivity index (χ4n) is 3.32. The van der Waals surface area contributed by atoms with Gasteiger partial charge in [-0.05, 0) is 13.0 Å². The Morgan fingerprint density at radius 2 is 1.84 bits per heavy atom. The molecule has 1 aliphatic rings. The van der Waals surface area contributed by atoms with Gasteiger partial charge in [0.15, 0.2) is 17.5 Å². The third-order valence-corrected chi connectivity index (χ3v) is 5.27. The van der Waals surface area contributed by atoms with E-state index < -0.39 is 17.5 Å². The highest BCUT2D eigenvalue weighted by Gasteiger charge is 2.33. The first-order valence-corrected chi connectivity index (χ1v) is 9.50. The molecule has 0 aliphatic carbocycles. The molecule has 11 heteroatoms. The molecule has 1 atom stereocenters. The van der Waals surface area contributed by atoms with Crippen molar-refractivity contribution >= 4 is 23.4 Å². The van der Waals surface area contributed by atoms with E-state index in [1.54, 1.807) is 44.5 Å². The second-order valence-electron chi connectivity index (χ2n) is 7.34. The number of aromatic nitrogens is 4.